The van der Waals surface area contributed by atoms with Gasteiger partial charge in [0.2, 0.25) is 0 Å². The van der Waals surface area contributed by atoms with Crippen LogP contribution in [0.25, 0.3) is 0 Å². The molecule has 0 unspecified atom stereocenters. The quantitative estimate of drug-likeness (QED) is 0.599. The first-order valence-electron chi connectivity index (χ1n) is 4.60. The van der Waals surface area contributed by atoms with E-state index in [4.69, 9.17) is 4.74 Å². The molecule has 2 aliphatic rings. The van der Waals surface area contributed by atoms with Crippen molar-refractivity contribution in [1.82, 2.24) is 0 Å². The van der Waals surface area contributed by atoms with E-state index in [0.29, 0.717) is 5.56 Å². The second-order valence-corrected chi connectivity index (χ2v) is 3.70. The zero-order valence-electron chi connectivity index (χ0n) is 7.58. The number of rotatable bonds is 0. The molecule has 0 saturated carbocycles. The van der Waals surface area contributed by atoms with E-state index in [1.807, 2.05) is 6.08 Å². The molecule has 0 radical (unpaired) electrons. The largest absolute Gasteiger partial charge is 0.416 e. The molecule has 1 aromatic carbocycles. The summed E-state index contributed by atoms with van der Waals surface area (Å²) in [5.41, 5.74) is 0.902. The first kappa shape index (κ1) is 8.97. The number of halogens is 3. The van der Waals surface area contributed by atoms with Crippen molar-refractivity contribution in [3.63, 3.8) is 0 Å². The second kappa shape index (κ2) is 2.64. The first-order valence-corrected chi connectivity index (χ1v) is 4.60. The van der Waals surface area contributed by atoms with Gasteiger partial charge in [-0.15, -0.1) is 0 Å². The van der Waals surface area contributed by atoms with Gasteiger partial charge in [0.05, 0.1) is 5.56 Å². The van der Waals surface area contributed by atoms with Crippen LogP contribution in [0.5, 0.6) is 0 Å². The van der Waals surface area contributed by atoms with Crippen LogP contribution in [0.15, 0.2) is 30.4 Å². The van der Waals surface area contributed by atoms with Crippen molar-refractivity contribution in [2.24, 2.45) is 0 Å². The lowest BCUT2D eigenvalue weighted by Gasteiger charge is -2.11. The van der Waals surface area contributed by atoms with E-state index in [1.54, 1.807) is 6.08 Å². The van der Waals surface area contributed by atoms with Crippen LogP contribution >= 0.6 is 0 Å². The molecule has 4 heteroatoms. The normalized spacial score (nSPS) is 27.1. The van der Waals surface area contributed by atoms with Gasteiger partial charge >= 0.3 is 6.18 Å². The minimum atomic E-state index is -4.28. The summed E-state index contributed by atoms with van der Waals surface area (Å²) in [6.45, 7) is 0. The van der Waals surface area contributed by atoms with Gasteiger partial charge in [-0.2, -0.15) is 13.2 Å². The molecule has 2 heterocycles. The molecule has 0 aliphatic carbocycles. The molecule has 1 nitrogen and oxygen atoms in total. The summed E-state index contributed by atoms with van der Waals surface area (Å²) >= 11 is 0. The van der Waals surface area contributed by atoms with E-state index in [9.17, 15) is 13.2 Å². The van der Waals surface area contributed by atoms with Crippen molar-refractivity contribution in [3.05, 3.63) is 47.0 Å². The van der Waals surface area contributed by atoms with Gasteiger partial charge in [-0.05, 0) is 23.3 Å². The highest BCUT2D eigenvalue weighted by atomic mass is 19.4. The Morgan fingerprint density at radius 2 is 1.67 bits per heavy atom. The van der Waals surface area contributed by atoms with E-state index >= 15 is 0 Å². The van der Waals surface area contributed by atoms with Gasteiger partial charge in [-0.1, -0.05) is 18.2 Å². The van der Waals surface area contributed by atoms with Crippen LogP contribution in [0.1, 0.15) is 28.9 Å². The molecule has 0 N–H and O–H groups in total. The Morgan fingerprint density at radius 1 is 1.00 bits per heavy atom. The zero-order chi connectivity index (χ0) is 10.6. The molecule has 2 bridgehead atoms. The fourth-order valence-corrected chi connectivity index (χ4v) is 2.06. The number of benzene rings is 1. The second-order valence-electron chi connectivity index (χ2n) is 3.70. The molecule has 0 saturated heterocycles. The maximum absolute atomic E-state index is 12.4. The lowest BCUT2D eigenvalue weighted by atomic mass is 9.95. The highest BCUT2D eigenvalue weighted by molar-refractivity contribution is 5.45. The van der Waals surface area contributed by atoms with Crippen LogP contribution < -0.4 is 0 Å². The van der Waals surface area contributed by atoms with Crippen LogP contribution in [0.2, 0.25) is 0 Å². The van der Waals surface area contributed by atoms with Crippen LogP contribution in [-0.4, -0.2) is 0 Å². The maximum Gasteiger partial charge on any atom is 0.416 e. The number of hydrogen-bond acceptors (Lipinski definition) is 1. The molecule has 2 aliphatic heterocycles. The number of ether oxygens (including phenoxy) is 1. The SMILES string of the molecule is FC(F)(F)c1ccc2c(c1)[C@H]1C=C[C@@H]2O1. The smallest absolute Gasteiger partial charge is 0.357 e. The van der Waals surface area contributed by atoms with Crippen molar-refractivity contribution in [1.29, 1.82) is 0 Å². The summed E-state index contributed by atoms with van der Waals surface area (Å²) < 4.78 is 42.8. The van der Waals surface area contributed by atoms with Gasteiger partial charge in [0.1, 0.15) is 12.2 Å². The summed E-state index contributed by atoms with van der Waals surface area (Å²) in [5.74, 6) is 0. The molecule has 0 spiro atoms. The van der Waals surface area contributed by atoms with Crippen LogP contribution in [0.4, 0.5) is 13.2 Å². The summed E-state index contributed by atoms with van der Waals surface area (Å²) in [7, 11) is 0. The number of fused-ring (bicyclic) bond motifs is 5. The van der Waals surface area contributed by atoms with E-state index in [-0.39, 0.29) is 12.2 Å². The molecule has 15 heavy (non-hydrogen) atoms. The molecule has 0 amide bonds. The Morgan fingerprint density at radius 3 is 2.33 bits per heavy atom. The molecular formula is C11H7F3O. The van der Waals surface area contributed by atoms with Crippen LogP contribution in [-0.2, 0) is 10.9 Å². The molecular weight excluding hydrogens is 205 g/mol. The summed E-state index contributed by atoms with van der Waals surface area (Å²) in [5, 5.41) is 0. The van der Waals surface area contributed by atoms with E-state index in [1.165, 1.54) is 12.1 Å². The highest BCUT2D eigenvalue weighted by Gasteiger charge is 2.37. The van der Waals surface area contributed by atoms with Gasteiger partial charge in [0.25, 0.3) is 0 Å². The summed E-state index contributed by atoms with van der Waals surface area (Å²) in [6.07, 6.45) is -1.03. The molecule has 3 rings (SSSR count). The summed E-state index contributed by atoms with van der Waals surface area (Å²) in [4.78, 5) is 0. The third kappa shape index (κ3) is 1.21. The lowest BCUT2D eigenvalue weighted by molar-refractivity contribution is -0.137. The van der Waals surface area contributed by atoms with Crippen LogP contribution in [0.3, 0.4) is 0 Å². The molecule has 0 aromatic heterocycles. The topological polar surface area (TPSA) is 9.23 Å². The predicted molar refractivity (Wildman–Crippen MR) is 47.2 cm³/mol. The Kier molecular flexibility index (Phi) is 1.58. The average molecular weight is 212 g/mol. The maximum atomic E-state index is 12.4. The first-order chi connectivity index (χ1) is 7.05. The van der Waals surface area contributed by atoms with Crippen molar-refractivity contribution in [2.45, 2.75) is 18.4 Å². The van der Waals surface area contributed by atoms with Gasteiger partial charge in [0.15, 0.2) is 0 Å². The predicted octanol–water partition coefficient (Wildman–Crippen LogP) is 3.39. The third-order valence-electron chi connectivity index (χ3n) is 2.78. The fraction of sp³-hybridized carbons (Fsp3) is 0.273. The Bertz CT molecular complexity index is 448. The van der Waals surface area contributed by atoms with E-state index < -0.39 is 11.7 Å². The molecule has 1 aromatic rings. The minimum Gasteiger partial charge on any atom is -0.357 e. The Labute approximate surface area is 84.2 Å². The average Bonchev–Trinajstić information content (AvgIpc) is 2.76. The highest BCUT2D eigenvalue weighted by Crippen LogP contribution is 2.47. The third-order valence-corrected chi connectivity index (χ3v) is 2.78. The van der Waals surface area contributed by atoms with Crippen LogP contribution in [0, 0.1) is 0 Å². The van der Waals surface area contributed by atoms with Gasteiger partial charge in [0, 0.05) is 0 Å². The van der Waals surface area contributed by atoms with Crippen molar-refractivity contribution in [2.75, 3.05) is 0 Å². The minimum absolute atomic E-state index is 0.146. The van der Waals surface area contributed by atoms with Crippen molar-refractivity contribution >= 4 is 0 Å². The molecule has 78 valence electrons. The number of alkyl halides is 3. The van der Waals surface area contributed by atoms with Gasteiger partial charge in [-0.3, -0.25) is 0 Å². The lowest BCUT2D eigenvalue weighted by Crippen LogP contribution is -2.06. The number of hydrogen-bond donors (Lipinski definition) is 0. The van der Waals surface area contributed by atoms with Gasteiger partial charge < -0.3 is 4.74 Å². The Hall–Kier alpha value is -1.29. The molecule has 0 fully saturated rings. The molecule has 2 atom stereocenters. The van der Waals surface area contributed by atoms with Gasteiger partial charge in [-0.25, -0.2) is 0 Å². The van der Waals surface area contributed by atoms with Crippen molar-refractivity contribution in [3.8, 4) is 0 Å². The van der Waals surface area contributed by atoms with Crippen molar-refractivity contribution < 1.29 is 17.9 Å². The fourth-order valence-electron chi connectivity index (χ4n) is 2.06. The van der Waals surface area contributed by atoms with E-state index in [0.717, 1.165) is 11.6 Å². The monoisotopic (exact) mass is 212 g/mol. The standard InChI is InChI=1S/C11H7F3O/c12-11(13,14)6-1-2-7-8(5-6)10-4-3-9(7)15-10/h1-5,9-10H/t9-,10+/m0/s1. The summed E-state index contributed by atoms with van der Waals surface area (Å²) in [6, 6.07) is 3.80. The van der Waals surface area contributed by atoms with E-state index in [2.05, 4.69) is 0 Å². The zero-order valence-corrected chi connectivity index (χ0v) is 7.58. The Balaban J connectivity index is 2.10.